The molecule has 0 aliphatic heterocycles. The molecule has 0 unspecified atom stereocenters. The van der Waals surface area contributed by atoms with Crippen molar-refractivity contribution in [3.05, 3.63) is 125 Å². The molecular formula is C32H38N2O2S. The van der Waals surface area contributed by atoms with Gasteiger partial charge in [-0.2, -0.15) is 0 Å². The lowest BCUT2D eigenvalue weighted by Crippen LogP contribution is -2.39. The molecule has 1 aliphatic rings. The van der Waals surface area contributed by atoms with Gasteiger partial charge in [0.1, 0.15) is 0 Å². The number of hydrogen-bond acceptors (Lipinski definition) is 3. The van der Waals surface area contributed by atoms with Crippen LogP contribution in [0.4, 0.5) is 0 Å². The smallest absolute Gasteiger partial charge is 0.241 e. The van der Waals surface area contributed by atoms with Gasteiger partial charge in [-0.25, -0.2) is 13.1 Å². The molecule has 4 nitrogen and oxygen atoms in total. The van der Waals surface area contributed by atoms with Gasteiger partial charge in [0.05, 0.1) is 17.0 Å². The summed E-state index contributed by atoms with van der Waals surface area (Å²) in [5.41, 5.74) is 6.00. The fraction of sp³-hybridized carbons (Fsp3) is 0.312. The summed E-state index contributed by atoms with van der Waals surface area (Å²) in [6.45, 7) is 4.96. The number of benzene rings is 3. The first-order valence-electron chi connectivity index (χ1n) is 13.2. The highest BCUT2D eigenvalue weighted by Crippen LogP contribution is 2.31. The van der Waals surface area contributed by atoms with Crippen LogP contribution in [0.5, 0.6) is 0 Å². The summed E-state index contributed by atoms with van der Waals surface area (Å²) in [7, 11) is -3.74. The van der Waals surface area contributed by atoms with E-state index in [1.807, 2.05) is 67.6 Å². The Kier molecular flexibility index (Phi) is 9.51. The van der Waals surface area contributed by atoms with Crippen molar-refractivity contribution >= 4 is 10.0 Å². The Hall–Kier alpha value is -2.99. The van der Waals surface area contributed by atoms with Crippen LogP contribution in [0.2, 0.25) is 0 Å². The molecule has 4 rings (SSSR count). The topological polar surface area (TPSA) is 58.2 Å². The molecule has 1 aliphatic carbocycles. The van der Waals surface area contributed by atoms with E-state index in [9.17, 15) is 8.42 Å². The van der Waals surface area contributed by atoms with E-state index in [1.165, 1.54) is 11.1 Å². The minimum atomic E-state index is -3.74. The van der Waals surface area contributed by atoms with Crippen molar-refractivity contribution < 1.29 is 8.42 Å². The molecule has 3 aromatic rings. The minimum Gasteiger partial charge on any atom is -0.308 e. The largest absolute Gasteiger partial charge is 0.308 e. The highest BCUT2D eigenvalue weighted by Gasteiger charge is 2.29. The fourth-order valence-corrected chi connectivity index (χ4v) is 6.12. The van der Waals surface area contributed by atoms with E-state index >= 15 is 0 Å². The lowest BCUT2D eigenvalue weighted by molar-refractivity contribution is 0.417. The maximum absolute atomic E-state index is 13.5. The normalized spacial score (nSPS) is 15.5. The van der Waals surface area contributed by atoms with Crippen molar-refractivity contribution in [3.63, 3.8) is 0 Å². The molecule has 0 radical (unpaired) electrons. The van der Waals surface area contributed by atoms with Gasteiger partial charge in [-0.05, 0) is 75.8 Å². The molecule has 0 spiro atoms. The molecule has 37 heavy (non-hydrogen) atoms. The number of rotatable bonds is 12. The van der Waals surface area contributed by atoms with E-state index in [-0.39, 0.29) is 10.9 Å². The van der Waals surface area contributed by atoms with Gasteiger partial charge in [0.2, 0.25) is 10.0 Å². The van der Waals surface area contributed by atoms with Gasteiger partial charge in [0.15, 0.2) is 0 Å². The molecule has 2 atom stereocenters. The molecule has 3 aromatic carbocycles. The van der Waals surface area contributed by atoms with Crippen LogP contribution in [-0.4, -0.2) is 15.0 Å². The van der Waals surface area contributed by atoms with Crippen molar-refractivity contribution in [2.24, 2.45) is 0 Å². The molecule has 5 heteroatoms. The first kappa shape index (κ1) is 27.1. The molecule has 0 saturated heterocycles. The first-order chi connectivity index (χ1) is 17.9. The van der Waals surface area contributed by atoms with Gasteiger partial charge in [-0.15, -0.1) is 0 Å². The first-order valence-corrected chi connectivity index (χ1v) is 14.7. The summed E-state index contributed by atoms with van der Waals surface area (Å²) in [5, 5.41) is 3.71. The molecule has 0 fully saturated rings. The Morgan fingerprint density at radius 2 is 1.38 bits per heavy atom. The lowest BCUT2D eigenvalue weighted by atomic mass is 9.93. The number of allylic oxidation sites excluding steroid dienone is 4. The number of sulfonamides is 1. The Balaban J connectivity index is 1.53. The van der Waals surface area contributed by atoms with Gasteiger partial charge in [0.25, 0.3) is 0 Å². The molecular weight excluding hydrogens is 476 g/mol. The van der Waals surface area contributed by atoms with E-state index in [0.29, 0.717) is 0 Å². The monoisotopic (exact) mass is 514 g/mol. The van der Waals surface area contributed by atoms with Crippen LogP contribution >= 0.6 is 0 Å². The second kappa shape index (κ2) is 13.0. The summed E-state index contributed by atoms with van der Waals surface area (Å²) >= 11 is 0. The molecule has 0 aromatic heterocycles. The zero-order valence-electron chi connectivity index (χ0n) is 21.9. The summed E-state index contributed by atoms with van der Waals surface area (Å²) in [5.74, 6) is 0. The summed E-state index contributed by atoms with van der Waals surface area (Å²) in [6.07, 6.45) is 10.1. The SMILES string of the molecule is CC1=CCC=C(CCCCN[C@@H](c2ccccc2)[C@@H](NS(=O)(=O)c2ccc(C)cc2)c2ccccc2)C1. The minimum absolute atomic E-state index is 0.220. The fourth-order valence-electron chi connectivity index (χ4n) is 4.88. The average molecular weight is 515 g/mol. The van der Waals surface area contributed by atoms with Gasteiger partial charge >= 0.3 is 0 Å². The maximum atomic E-state index is 13.5. The number of nitrogens with one attached hydrogen (secondary N) is 2. The van der Waals surface area contributed by atoms with Gasteiger partial charge < -0.3 is 5.32 Å². The van der Waals surface area contributed by atoms with Crippen molar-refractivity contribution in [2.75, 3.05) is 6.54 Å². The Labute approximate surface area is 222 Å². The third-order valence-electron chi connectivity index (χ3n) is 6.93. The third-order valence-corrected chi connectivity index (χ3v) is 8.39. The van der Waals surface area contributed by atoms with Crippen molar-refractivity contribution in [1.29, 1.82) is 0 Å². The zero-order valence-corrected chi connectivity index (χ0v) is 22.7. The highest BCUT2D eigenvalue weighted by molar-refractivity contribution is 7.89. The van der Waals surface area contributed by atoms with Crippen molar-refractivity contribution in [1.82, 2.24) is 10.0 Å². The van der Waals surface area contributed by atoms with E-state index in [0.717, 1.165) is 55.3 Å². The summed E-state index contributed by atoms with van der Waals surface area (Å²) in [6, 6.07) is 26.3. The Bertz CT molecular complexity index is 1300. The van der Waals surface area contributed by atoms with Gasteiger partial charge in [0, 0.05) is 0 Å². The number of aryl methyl sites for hydroxylation is 1. The quantitative estimate of drug-likeness (QED) is 0.199. The number of unbranched alkanes of at least 4 members (excludes halogenated alkanes) is 1. The van der Waals surface area contributed by atoms with E-state index < -0.39 is 16.1 Å². The average Bonchev–Trinajstić information content (AvgIpc) is 2.91. The molecule has 194 valence electrons. The lowest BCUT2D eigenvalue weighted by Gasteiger charge is -2.30. The third kappa shape index (κ3) is 7.75. The van der Waals surface area contributed by atoms with Crippen molar-refractivity contribution in [3.8, 4) is 0 Å². The Morgan fingerprint density at radius 1 is 0.757 bits per heavy atom. The van der Waals surface area contributed by atoms with Gasteiger partial charge in [-0.3, -0.25) is 0 Å². The second-order valence-electron chi connectivity index (χ2n) is 9.95. The van der Waals surface area contributed by atoms with Crippen molar-refractivity contribution in [2.45, 2.75) is 62.9 Å². The van der Waals surface area contributed by atoms with Crippen LogP contribution in [0, 0.1) is 6.92 Å². The molecule has 0 heterocycles. The van der Waals surface area contributed by atoms with E-state index in [4.69, 9.17) is 0 Å². The van der Waals surface area contributed by atoms with Gasteiger partial charge in [-0.1, -0.05) is 102 Å². The number of hydrogen-bond donors (Lipinski definition) is 2. The van der Waals surface area contributed by atoms with Crippen LogP contribution in [-0.2, 0) is 10.0 Å². The molecule has 2 N–H and O–H groups in total. The highest BCUT2D eigenvalue weighted by atomic mass is 32.2. The molecule has 0 bridgehead atoms. The second-order valence-corrected chi connectivity index (χ2v) is 11.7. The Morgan fingerprint density at radius 3 is 2.00 bits per heavy atom. The summed E-state index contributed by atoms with van der Waals surface area (Å²) in [4.78, 5) is 0.274. The maximum Gasteiger partial charge on any atom is 0.241 e. The molecule has 0 amide bonds. The van der Waals surface area contributed by atoms with Crippen LogP contribution in [0.1, 0.15) is 67.8 Å². The molecule has 0 saturated carbocycles. The van der Waals surface area contributed by atoms with Crippen LogP contribution < -0.4 is 10.0 Å². The van der Waals surface area contributed by atoms with E-state index in [2.05, 4.69) is 41.2 Å². The van der Waals surface area contributed by atoms with Crippen LogP contribution in [0.15, 0.2) is 113 Å². The van der Waals surface area contributed by atoms with Crippen LogP contribution in [0.3, 0.4) is 0 Å². The standard InChI is InChI=1S/C32H38N2O2S/c1-25-19-21-30(22-20-25)37(35,36)34-32(29-17-7-4-8-18-29)31(28-15-5-3-6-16-28)33-23-10-9-13-27-14-11-12-26(2)24-27/h3-8,12,14-22,31-34H,9-11,13,23-24H2,1-2H3/t31-,32-/m0/s1. The predicted octanol–water partition coefficient (Wildman–Crippen LogP) is 7.18. The summed E-state index contributed by atoms with van der Waals surface area (Å²) < 4.78 is 30.0. The predicted molar refractivity (Wildman–Crippen MR) is 153 cm³/mol. The van der Waals surface area contributed by atoms with Crippen LogP contribution in [0.25, 0.3) is 0 Å². The zero-order chi connectivity index (χ0) is 26.1. The van der Waals surface area contributed by atoms with E-state index in [1.54, 1.807) is 12.1 Å².